The molecule has 0 aliphatic heterocycles. The second-order valence-electron chi connectivity index (χ2n) is 6.22. The van der Waals surface area contributed by atoms with E-state index >= 15 is 0 Å². The lowest BCUT2D eigenvalue weighted by atomic mass is 10.2. The number of carbonyl (C=O) groups is 2. The molecule has 0 saturated carbocycles. The number of fused-ring (bicyclic) bond motifs is 1. The molecule has 2 heterocycles. The zero-order valence-electron chi connectivity index (χ0n) is 15.1. The van der Waals surface area contributed by atoms with Gasteiger partial charge in [0.2, 0.25) is 5.82 Å². The van der Waals surface area contributed by atoms with Crippen molar-refractivity contribution >= 4 is 23.0 Å². The number of imidazole rings is 1. The van der Waals surface area contributed by atoms with Crippen LogP contribution in [0.4, 0.5) is 5.69 Å². The molecule has 0 saturated heterocycles. The van der Waals surface area contributed by atoms with Gasteiger partial charge in [-0.1, -0.05) is 31.2 Å². The van der Waals surface area contributed by atoms with Gasteiger partial charge in [-0.05, 0) is 37.6 Å². The van der Waals surface area contributed by atoms with E-state index in [9.17, 15) is 9.59 Å². The van der Waals surface area contributed by atoms with Gasteiger partial charge in [0.05, 0.1) is 5.52 Å². The summed E-state index contributed by atoms with van der Waals surface area (Å²) < 4.78 is 1.66. The maximum atomic E-state index is 13.0. The summed E-state index contributed by atoms with van der Waals surface area (Å²) in [4.78, 5) is 31.5. The Hall–Kier alpha value is -3.15. The lowest BCUT2D eigenvalue weighted by Crippen LogP contribution is -2.32. The molecule has 26 heavy (non-hydrogen) atoms. The summed E-state index contributed by atoms with van der Waals surface area (Å²) >= 11 is 0. The number of nitrogens with zero attached hydrogens (tertiary/aromatic N) is 3. The van der Waals surface area contributed by atoms with Crippen LogP contribution in [0.25, 0.3) is 5.52 Å². The second-order valence-corrected chi connectivity index (χ2v) is 6.22. The molecule has 3 rings (SSSR count). The number of rotatable bonds is 5. The Bertz CT molecular complexity index is 933. The molecule has 0 bridgehead atoms. The van der Waals surface area contributed by atoms with Crippen molar-refractivity contribution in [2.45, 2.75) is 26.3 Å². The van der Waals surface area contributed by atoms with Crippen LogP contribution in [-0.2, 0) is 0 Å². The van der Waals surface area contributed by atoms with Crippen molar-refractivity contribution < 1.29 is 9.59 Å². The highest BCUT2D eigenvalue weighted by atomic mass is 16.2. The zero-order chi connectivity index (χ0) is 18.7. The van der Waals surface area contributed by atoms with E-state index in [0.717, 1.165) is 12.1 Å². The minimum Gasteiger partial charge on any atom is -0.348 e. The number of hydrogen-bond donors (Lipinski definition) is 1. The van der Waals surface area contributed by atoms with Crippen molar-refractivity contribution in [2.75, 3.05) is 11.9 Å². The quantitative estimate of drug-likeness (QED) is 0.769. The number of benzene rings is 1. The van der Waals surface area contributed by atoms with E-state index in [1.165, 1.54) is 4.90 Å². The van der Waals surface area contributed by atoms with Crippen molar-refractivity contribution in [1.82, 2.24) is 14.7 Å². The van der Waals surface area contributed by atoms with Gasteiger partial charge >= 0.3 is 0 Å². The topological polar surface area (TPSA) is 66.7 Å². The van der Waals surface area contributed by atoms with Crippen LogP contribution < -0.4 is 10.2 Å². The first-order chi connectivity index (χ1) is 12.5. The van der Waals surface area contributed by atoms with Gasteiger partial charge in [-0.15, -0.1) is 0 Å². The van der Waals surface area contributed by atoms with Gasteiger partial charge < -0.3 is 10.2 Å². The number of nitrogens with one attached hydrogen (secondary N) is 1. The maximum Gasteiger partial charge on any atom is 0.294 e. The number of aromatic nitrogens is 2. The number of amides is 2. The number of pyridine rings is 1. The van der Waals surface area contributed by atoms with Crippen molar-refractivity contribution in [3.8, 4) is 0 Å². The zero-order valence-corrected chi connectivity index (χ0v) is 15.1. The van der Waals surface area contributed by atoms with E-state index in [0.29, 0.717) is 5.52 Å². The molecule has 6 nitrogen and oxygen atoms in total. The second kappa shape index (κ2) is 7.39. The predicted molar refractivity (Wildman–Crippen MR) is 102 cm³/mol. The van der Waals surface area contributed by atoms with Crippen molar-refractivity contribution in [2.24, 2.45) is 0 Å². The van der Waals surface area contributed by atoms with Crippen LogP contribution in [0.1, 0.15) is 41.4 Å². The first-order valence-electron chi connectivity index (χ1n) is 8.64. The molecule has 6 heteroatoms. The van der Waals surface area contributed by atoms with E-state index in [4.69, 9.17) is 0 Å². The predicted octanol–water partition coefficient (Wildman–Crippen LogP) is 3.14. The van der Waals surface area contributed by atoms with Crippen LogP contribution in [-0.4, -0.2) is 34.3 Å². The summed E-state index contributed by atoms with van der Waals surface area (Å²) in [5.74, 6) is -0.342. The smallest absolute Gasteiger partial charge is 0.294 e. The fraction of sp³-hybridized carbons (Fsp3) is 0.250. The Kier molecular flexibility index (Phi) is 5.02. The van der Waals surface area contributed by atoms with E-state index in [1.54, 1.807) is 23.7 Å². The first-order valence-corrected chi connectivity index (χ1v) is 8.64. The van der Waals surface area contributed by atoms with Gasteiger partial charge in [0.1, 0.15) is 0 Å². The summed E-state index contributed by atoms with van der Waals surface area (Å²) in [5, 5.41) is 2.91. The Balaban J connectivity index is 2.01. The first kappa shape index (κ1) is 17.7. The third-order valence-corrected chi connectivity index (χ3v) is 4.39. The van der Waals surface area contributed by atoms with Crippen molar-refractivity contribution in [3.05, 3.63) is 66.2 Å². The van der Waals surface area contributed by atoms with E-state index < -0.39 is 0 Å². The number of carbonyl (C=O) groups excluding carboxylic acids is 2. The number of anilines is 1. The molecule has 0 fully saturated rings. The third kappa shape index (κ3) is 3.31. The molecular weight excluding hydrogens is 328 g/mol. The fourth-order valence-electron chi connectivity index (χ4n) is 2.67. The van der Waals surface area contributed by atoms with Gasteiger partial charge in [-0.3, -0.25) is 14.0 Å². The van der Waals surface area contributed by atoms with Crippen molar-refractivity contribution in [3.63, 3.8) is 0 Å². The van der Waals surface area contributed by atoms with Crippen LogP contribution in [0.2, 0.25) is 0 Å². The Labute approximate surface area is 152 Å². The van der Waals surface area contributed by atoms with Crippen molar-refractivity contribution in [1.29, 1.82) is 0 Å². The van der Waals surface area contributed by atoms with E-state index in [1.807, 2.05) is 56.3 Å². The normalized spacial score (nSPS) is 12.0. The fourth-order valence-corrected chi connectivity index (χ4v) is 2.67. The molecule has 3 aromatic rings. The summed E-state index contributed by atoms with van der Waals surface area (Å²) in [6, 6.07) is 14.8. The molecule has 0 aliphatic rings. The molecule has 134 valence electrons. The minimum atomic E-state index is -0.278. The summed E-state index contributed by atoms with van der Waals surface area (Å²) in [7, 11) is 1.70. The molecular formula is C20H22N4O2. The largest absolute Gasteiger partial charge is 0.348 e. The lowest BCUT2D eigenvalue weighted by Gasteiger charge is -2.16. The van der Waals surface area contributed by atoms with Gasteiger partial charge in [-0.25, -0.2) is 4.98 Å². The van der Waals surface area contributed by atoms with Crippen LogP contribution in [0.15, 0.2) is 54.7 Å². The Morgan fingerprint density at radius 3 is 2.54 bits per heavy atom. The lowest BCUT2D eigenvalue weighted by molar-refractivity contribution is 0.0936. The SMILES string of the molecule is CCC(C)NC(=O)c1nc(C(=O)N(C)c2ccccc2)n2ccccc12. The van der Waals surface area contributed by atoms with Crippen LogP contribution in [0, 0.1) is 0 Å². The summed E-state index contributed by atoms with van der Waals surface area (Å²) in [6.45, 7) is 3.94. The van der Waals surface area contributed by atoms with Crippen LogP contribution >= 0.6 is 0 Å². The third-order valence-electron chi connectivity index (χ3n) is 4.39. The van der Waals surface area contributed by atoms with E-state index in [2.05, 4.69) is 10.3 Å². The molecule has 1 N–H and O–H groups in total. The average Bonchev–Trinajstić information content (AvgIpc) is 3.07. The van der Waals surface area contributed by atoms with E-state index in [-0.39, 0.29) is 29.4 Å². The Morgan fingerprint density at radius 2 is 1.85 bits per heavy atom. The van der Waals surface area contributed by atoms with Gasteiger partial charge in [0.25, 0.3) is 11.8 Å². The number of para-hydroxylation sites is 1. The maximum absolute atomic E-state index is 13.0. The highest BCUT2D eigenvalue weighted by Gasteiger charge is 2.24. The van der Waals surface area contributed by atoms with Gasteiger partial charge in [0, 0.05) is 25.0 Å². The highest BCUT2D eigenvalue weighted by Crippen LogP contribution is 2.18. The molecule has 1 unspecified atom stereocenters. The molecule has 1 atom stereocenters. The minimum absolute atomic E-state index is 0.0362. The average molecular weight is 350 g/mol. The molecule has 0 aliphatic carbocycles. The summed E-state index contributed by atoms with van der Waals surface area (Å²) in [6.07, 6.45) is 2.56. The molecule has 0 radical (unpaired) electrons. The molecule has 2 aromatic heterocycles. The van der Waals surface area contributed by atoms with Gasteiger partial charge in [0.15, 0.2) is 5.69 Å². The van der Waals surface area contributed by atoms with Crippen LogP contribution in [0.3, 0.4) is 0 Å². The standard InChI is InChI=1S/C20H22N4O2/c1-4-14(2)21-19(25)17-16-12-8-9-13-24(16)18(22-17)20(26)23(3)15-10-6-5-7-11-15/h5-14H,4H2,1-3H3,(H,21,25). The molecule has 2 amide bonds. The summed E-state index contributed by atoms with van der Waals surface area (Å²) in [5.41, 5.74) is 1.63. The molecule has 0 spiro atoms. The highest BCUT2D eigenvalue weighted by molar-refractivity contribution is 6.07. The van der Waals surface area contributed by atoms with Gasteiger partial charge in [-0.2, -0.15) is 0 Å². The number of hydrogen-bond acceptors (Lipinski definition) is 3. The molecule has 1 aromatic carbocycles. The Morgan fingerprint density at radius 1 is 1.15 bits per heavy atom. The monoisotopic (exact) mass is 350 g/mol. The van der Waals surface area contributed by atoms with Crippen LogP contribution in [0.5, 0.6) is 0 Å².